The first kappa shape index (κ1) is 26.5. The van der Waals surface area contributed by atoms with Gasteiger partial charge in [0.25, 0.3) is 5.91 Å². The van der Waals surface area contributed by atoms with E-state index < -0.39 is 0 Å². The van der Waals surface area contributed by atoms with Gasteiger partial charge < -0.3 is 16.0 Å². The number of amides is 2. The Kier molecular flexibility index (Phi) is 8.43. The fourth-order valence-corrected chi connectivity index (χ4v) is 6.91. The zero-order valence-corrected chi connectivity index (χ0v) is 22.9. The molecule has 1 atom stereocenters. The lowest BCUT2D eigenvalue weighted by molar-refractivity contribution is -0.133. The van der Waals surface area contributed by atoms with Gasteiger partial charge >= 0.3 is 0 Å². The van der Waals surface area contributed by atoms with Crippen LogP contribution in [0.4, 0.5) is 0 Å². The van der Waals surface area contributed by atoms with Crippen LogP contribution in [0.2, 0.25) is 10.0 Å². The summed E-state index contributed by atoms with van der Waals surface area (Å²) in [5.41, 5.74) is 9.29. The Hall–Kier alpha value is -2.08. The van der Waals surface area contributed by atoms with Crippen molar-refractivity contribution in [2.75, 3.05) is 6.54 Å². The molecule has 3 aliphatic rings. The van der Waals surface area contributed by atoms with Crippen molar-refractivity contribution in [2.45, 2.75) is 88.8 Å². The Labute approximate surface area is 230 Å². The van der Waals surface area contributed by atoms with Crippen molar-refractivity contribution in [3.63, 3.8) is 0 Å². The van der Waals surface area contributed by atoms with E-state index in [1.54, 1.807) is 0 Å². The molecule has 2 aromatic rings. The Morgan fingerprint density at radius 3 is 2.19 bits per heavy atom. The van der Waals surface area contributed by atoms with Crippen LogP contribution in [-0.4, -0.2) is 41.4 Å². The number of likely N-dealkylation sites (tertiary alicyclic amines) is 1. The van der Waals surface area contributed by atoms with Crippen LogP contribution in [0, 0.1) is 5.92 Å². The van der Waals surface area contributed by atoms with E-state index in [-0.39, 0.29) is 29.8 Å². The molecule has 0 radical (unpaired) electrons. The highest BCUT2D eigenvalue weighted by Gasteiger charge is 2.36. The maximum absolute atomic E-state index is 13.1. The summed E-state index contributed by atoms with van der Waals surface area (Å²) >= 11 is 13.4. The van der Waals surface area contributed by atoms with Gasteiger partial charge in [0.05, 0.1) is 0 Å². The number of rotatable bonds is 6. The van der Waals surface area contributed by atoms with Gasteiger partial charge in [-0.3, -0.25) is 9.59 Å². The van der Waals surface area contributed by atoms with E-state index in [0.29, 0.717) is 28.1 Å². The highest BCUT2D eigenvalue weighted by Crippen LogP contribution is 2.36. The third kappa shape index (κ3) is 6.16. The summed E-state index contributed by atoms with van der Waals surface area (Å²) in [6.45, 7) is 0.843. The van der Waals surface area contributed by atoms with Crippen LogP contribution in [0.5, 0.6) is 0 Å². The molecular formula is C30H37Cl2N3O2. The number of hydrogen-bond donors (Lipinski definition) is 2. The number of halogens is 2. The van der Waals surface area contributed by atoms with Crippen LogP contribution in [0.1, 0.15) is 80.1 Å². The molecule has 2 amide bonds. The Morgan fingerprint density at radius 1 is 0.892 bits per heavy atom. The first-order valence-corrected chi connectivity index (χ1v) is 14.6. The van der Waals surface area contributed by atoms with Crippen molar-refractivity contribution >= 4 is 35.0 Å². The summed E-state index contributed by atoms with van der Waals surface area (Å²) in [4.78, 5) is 28.0. The number of carbonyl (C=O) groups excluding carboxylic acids is 2. The number of nitrogens with two attached hydrogens (primary N) is 1. The average molecular weight is 543 g/mol. The van der Waals surface area contributed by atoms with Crippen LogP contribution < -0.4 is 11.1 Å². The molecule has 1 unspecified atom stereocenters. The number of nitrogens with zero attached hydrogens (tertiary/aromatic N) is 1. The number of hydrogen-bond acceptors (Lipinski definition) is 3. The molecule has 2 aromatic carbocycles. The zero-order chi connectivity index (χ0) is 25.9. The third-order valence-corrected chi connectivity index (χ3v) is 9.22. The molecule has 7 heteroatoms. The third-order valence-electron chi connectivity index (χ3n) is 8.55. The quantitative estimate of drug-likeness (QED) is 0.445. The Bertz CT molecular complexity index is 1100. The maximum atomic E-state index is 13.1. The molecule has 5 rings (SSSR count). The van der Waals surface area contributed by atoms with E-state index in [2.05, 4.69) is 10.2 Å². The standard InChI is InChI=1S/C30H37Cl2N3O2/c31-27-17-22(19-6-8-20(9-7-19)29(36)34-24-12-10-23(33)11-13-24)18-28(32)26(27)16-21-14-15-35(30(21)37)25-4-2-1-3-5-25/h6-9,17-18,21,23-25H,1-5,10-16,33H2,(H,34,36). The van der Waals surface area contributed by atoms with E-state index in [4.69, 9.17) is 28.9 Å². The fourth-order valence-electron chi connectivity index (χ4n) is 6.27. The van der Waals surface area contributed by atoms with Gasteiger partial charge in [0.15, 0.2) is 0 Å². The summed E-state index contributed by atoms with van der Waals surface area (Å²) in [7, 11) is 0. The highest BCUT2D eigenvalue weighted by atomic mass is 35.5. The minimum atomic E-state index is -0.0551. The van der Waals surface area contributed by atoms with Crippen LogP contribution in [0.15, 0.2) is 36.4 Å². The van der Waals surface area contributed by atoms with Crippen LogP contribution in [-0.2, 0) is 11.2 Å². The minimum Gasteiger partial charge on any atom is -0.349 e. The second-order valence-corrected chi connectivity index (χ2v) is 11.9. The normalized spacial score (nSPS) is 24.9. The lowest BCUT2D eigenvalue weighted by Crippen LogP contribution is -2.40. The summed E-state index contributed by atoms with van der Waals surface area (Å²) < 4.78 is 0. The van der Waals surface area contributed by atoms with Gasteiger partial charge in [-0.1, -0.05) is 54.6 Å². The van der Waals surface area contributed by atoms with E-state index in [9.17, 15) is 9.59 Å². The molecule has 37 heavy (non-hydrogen) atoms. The minimum absolute atomic E-state index is 0.0538. The van der Waals surface area contributed by atoms with Gasteiger partial charge in [0.2, 0.25) is 5.91 Å². The maximum Gasteiger partial charge on any atom is 0.251 e. The second-order valence-electron chi connectivity index (χ2n) is 11.1. The van der Waals surface area contributed by atoms with Gasteiger partial charge in [0, 0.05) is 46.2 Å². The van der Waals surface area contributed by atoms with Gasteiger partial charge in [-0.2, -0.15) is 0 Å². The van der Waals surface area contributed by atoms with Crippen molar-refractivity contribution < 1.29 is 9.59 Å². The number of carbonyl (C=O) groups is 2. The monoisotopic (exact) mass is 541 g/mol. The van der Waals surface area contributed by atoms with Crippen molar-refractivity contribution in [1.82, 2.24) is 10.2 Å². The summed E-state index contributed by atoms with van der Waals surface area (Å²) in [6, 6.07) is 12.2. The van der Waals surface area contributed by atoms with E-state index in [1.165, 1.54) is 19.3 Å². The van der Waals surface area contributed by atoms with Gasteiger partial charge in [0.1, 0.15) is 0 Å². The molecule has 0 aromatic heterocycles. The molecule has 5 nitrogen and oxygen atoms in total. The van der Waals surface area contributed by atoms with E-state index >= 15 is 0 Å². The lowest BCUT2D eigenvalue weighted by Gasteiger charge is -2.31. The smallest absolute Gasteiger partial charge is 0.251 e. The molecule has 3 fully saturated rings. The summed E-state index contributed by atoms with van der Waals surface area (Å²) in [6.07, 6.45) is 11.2. The predicted molar refractivity (Wildman–Crippen MR) is 150 cm³/mol. The predicted octanol–water partition coefficient (Wildman–Crippen LogP) is 6.38. The topological polar surface area (TPSA) is 75.4 Å². The van der Waals surface area contributed by atoms with Crippen LogP contribution in [0.25, 0.3) is 11.1 Å². The molecule has 0 bridgehead atoms. The molecule has 3 N–H and O–H groups in total. The number of nitrogens with one attached hydrogen (secondary N) is 1. The van der Waals surface area contributed by atoms with Gasteiger partial charge in [-0.05, 0) is 92.3 Å². The largest absolute Gasteiger partial charge is 0.349 e. The summed E-state index contributed by atoms with van der Waals surface area (Å²) in [5.74, 6) is 0.149. The van der Waals surface area contributed by atoms with E-state index in [1.807, 2.05) is 36.4 Å². The van der Waals surface area contributed by atoms with Crippen molar-refractivity contribution in [3.8, 4) is 11.1 Å². The molecule has 0 spiro atoms. The Balaban J connectivity index is 1.23. The molecule has 2 saturated carbocycles. The van der Waals surface area contributed by atoms with Crippen molar-refractivity contribution in [3.05, 3.63) is 57.6 Å². The molecule has 1 saturated heterocycles. The summed E-state index contributed by atoms with van der Waals surface area (Å²) in [5, 5.41) is 4.31. The van der Waals surface area contributed by atoms with Crippen molar-refractivity contribution in [2.24, 2.45) is 11.7 Å². The first-order valence-electron chi connectivity index (χ1n) is 13.8. The zero-order valence-electron chi connectivity index (χ0n) is 21.4. The molecule has 2 aliphatic carbocycles. The first-order chi connectivity index (χ1) is 17.9. The average Bonchev–Trinajstić information content (AvgIpc) is 3.27. The fraction of sp³-hybridized carbons (Fsp3) is 0.533. The molecular weight excluding hydrogens is 505 g/mol. The van der Waals surface area contributed by atoms with Gasteiger partial charge in [-0.15, -0.1) is 0 Å². The SMILES string of the molecule is NC1CCC(NC(=O)c2ccc(-c3cc(Cl)c(CC4CCN(C5CCCCC5)C4=O)c(Cl)c3)cc2)CC1. The highest BCUT2D eigenvalue weighted by molar-refractivity contribution is 6.36. The number of benzene rings is 2. The molecule has 1 heterocycles. The van der Waals surface area contributed by atoms with Crippen molar-refractivity contribution in [1.29, 1.82) is 0 Å². The van der Waals surface area contributed by atoms with E-state index in [0.717, 1.165) is 68.2 Å². The molecule has 1 aliphatic heterocycles. The van der Waals surface area contributed by atoms with Crippen LogP contribution in [0.3, 0.4) is 0 Å². The van der Waals surface area contributed by atoms with Gasteiger partial charge in [-0.25, -0.2) is 0 Å². The van der Waals surface area contributed by atoms with Crippen LogP contribution >= 0.6 is 23.2 Å². The molecule has 198 valence electrons. The Morgan fingerprint density at radius 2 is 1.54 bits per heavy atom. The lowest BCUT2D eigenvalue weighted by atomic mass is 9.91. The second kappa shape index (κ2) is 11.8.